The van der Waals surface area contributed by atoms with E-state index in [1.807, 2.05) is 54.6 Å². The van der Waals surface area contributed by atoms with E-state index in [0.717, 1.165) is 5.56 Å². The molecule has 0 aromatic heterocycles. The van der Waals surface area contributed by atoms with Gasteiger partial charge in [-0.1, -0.05) is 66.7 Å². The second kappa shape index (κ2) is 9.99. The van der Waals surface area contributed by atoms with E-state index in [1.54, 1.807) is 12.1 Å². The number of carbonyl (C=O) groups is 2. The number of carbonyl (C=O) groups excluding carboxylic acids is 1. The molecule has 0 bridgehead atoms. The lowest BCUT2D eigenvalue weighted by molar-refractivity contribution is -0.139. The summed E-state index contributed by atoms with van der Waals surface area (Å²) in [4.78, 5) is 21.8. The van der Waals surface area contributed by atoms with Crippen LogP contribution >= 0.6 is 0 Å². The summed E-state index contributed by atoms with van der Waals surface area (Å²) >= 11 is 0. The molecule has 116 valence electrons. The summed E-state index contributed by atoms with van der Waals surface area (Å²) in [5.74, 6) is -1.09. The molecule has 5 nitrogen and oxygen atoms in total. The maximum Gasteiger partial charge on any atom is 0.407 e. The standard InChI is InChI=1S/C11H13NO4.C6H6/c1-16-11(15)12-9(10(13)14)7-8-5-3-2-4-6-8;1-2-4-6-5-3-1/h2-6,9H,7H2,1H3,(H,12,15)(H,13,14);1-6H/t9-;/m0./s1. The first-order chi connectivity index (χ1) is 10.6. The lowest BCUT2D eigenvalue weighted by Crippen LogP contribution is -2.42. The van der Waals surface area contributed by atoms with Crippen LogP contribution in [0.5, 0.6) is 0 Å². The average Bonchev–Trinajstić information content (AvgIpc) is 2.57. The van der Waals surface area contributed by atoms with Crippen LogP contribution in [0.25, 0.3) is 0 Å². The normalized spacial score (nSPS) is 10.6. The highest BCUT2D eigenvalue weighted by Gasteiger charge is 2.20. The van der Waals surface area contributed by atoms with Crippen molar-refractivity contribution < 1.29 is 19.4 Å². The summed E-state index contributed by atoms with van der Waals surface area (Å²) < 4.78 is 4.36. The Morgan fingerprint density at radius 2 is 1.45 bits per heavy atom. The first-order valence-corrected chi connectivity index (χ1v) is 6.74. The fourth-order valence-corrected chi connectivity index (χ4v) is 1.64. The zero-order chi connectivity index (χ0) is 16.2. The maximum atomic E-state index is 10.9. The van der Waals surface area contributed by atoms with Gasteiger partial charge in [0.2, 0.25) is 0 Å². The van der Waals surface area contributed by atoms with Crippen LogP contribution in [-0.2, 0) is 16.0 Å². The van der Waals surface area contributed by atoms with Crippen molar-refractivity contribution in [2.45, 2.75) is 12.5 Å². The quantitative estimate of drug-likeness (QED) is 0.910. The number of hydrogen-bond acceptors (Lipinski definition) is 3. The van der Waals surface area contributed by atoms with Crippen LogP contribution in [0.2, 0.25) is 0 Å². The number of alkyl carbamates (subject to hydrolysis) is 1. The van der Waals surface area contributed by atoms with Crippen molar-refractivity contribution in [3.05, 3.63) is 72.3 Å². The van der Waals surface area contributed by atoms with E-state index in [9.17, 15) is 9.59 Å². The summed E-state index contributed by atoms with van der Waals surface area (Å²) in [5, 5.41) is 11.2. The van der Waals surface area contributed by atoms with E-state index >= 15 is 0 Å². The Morgan fingerprint density at radius 3 is 1.86 bits per heavy atom. The molecule has 0 heterocycles. The average molecular weight is 301 g/mol. The molecule has 22 heavy (non-hydrogen) atoms. The number of ether oxygens (including phenoxy) is 1. The van der Waals surface area contributed by atoms with Crippen LogP contribution in [0.1, 0.15) is 5.56 Å². The number of aliphatic carboxylic acids is 1. The third-order valence-electron chi connectivity index (χ3n) is 2.72. The Morgan fingerprint density at radius 1 is 1.00 bits per heavy atom. The van der Waals surface area contributed by atoms with E-state index in [4.69, 9.17) is 5.11 Å². The predicted octanol–water partition coefficient (Wildman–Crippen LogP) is 2.72. The van der Waals surface area contributed by atoms with Gasteiger partial charge in [-0.05, 0) is 5.56 Å². The summed E-state index contributed by atoms with van der Waals surface area (Å²) in [6.45, 7) is 0. The van der Waals surface area contributed by atoms with Crippen LogP contribution in [-0.4, -0.2) is 30.3 Å². The fourth-order valence-electron chi connectivity index (χ4n) is 1.64. The Bertz CT molecular complexity index is 531. The summed E-state index contributed by atoms with van der Waals surface area (Å²) in [6.07, 6.45) is -0.519. The van der Waals surface area contributed by atoms with Crippen molar-refractivity contribution in [2.75, 3.05) is 7.11 Å². The zero-order valence-corrected chi connectivity index (χ0v) is 12.3. The van der Waals surface area contributed by atoms with Crippen LogP contribution in [0, 0.1) is 0 Å². The minimum absolute atomic E-state index is 0.227. The molecule has 0 aliphatic rings. The first-order valence-electron chi connectivity index (χ1n) is 6.74. The van der Waals surface area contributed by atoms with Crippen LogP contribution in [0.4, 0.5) is 4.79 Å². The molecule has 1 amide bonds. The second-order valence-corrected chi connectivity index (χ2v) is 4.37. The van der Waals surface area contributed by atoms with Gasteiger partial charge >= 0.3 is 12.1 Å². The van der Waals surface area contributed by atoms with Gasteiger partial charge in [-0.3, -0.25) is 0 Å². The van der Waals surface area contributed by atoms with Gasteiger partial charge in [-0.25, -0.2) is 9.59 Å². The molecule has 0 aliphatic carbocycles. The molecule has 0 saturated heterocycles. The lowest BCUT2D eigenvalue weighted by Gasteiger charge is -2.13. The number of carboxylic acids is 1. The minimum atomic E-state index is -1.09. The van der Waals surface area contributed by atoms with Gasteiger partial charge in [0.15, 0.2) is 0 Å². The fraction of sp³-hybridized carbons (Fsp3) is 0.176. The number of amides is 1. The van der Waals surface area contributed by atoms with Gasteiger partial charge in [0.1, 0.15) is 6.04 Å². The topological polar surface area (TPSA) is 75.6 Å². The molecule has 0 unspecified atom stereocenters. The third kappa shape index (κ3) is 7.09. The number of hydrogen-bond donors (Lipinski definition) is 2. The highest BCUT2D eigenvalue weighted by atomic mass is 16.5. The molecule has 5 heteroatoms. The maximum absolute atomic E-state index is 10.9. The molecule has 0 radical (unpaired) electrons. The minimum Gasteiger partial charge on any atom is -0.480 e. The van der Waals surface area contributed by atoms with Gasteiger partial charge in [0.25, 0.3) is 0 Å². The van der Waals surface area contributed by atoms with Crippen molar-refractivity contribution in [1.29, 1.82) is 0 Å². The monoisotopic (exact) mass is 301 g/mol. The molecule has 0 aliphatic heterocycles. The first kappa shape index (κ1) is 17.2. The number of methoxy groups -OCH3 is 1. The molecule has 2 aromatic rings. The molecule has 0 spiro atoms. The van der Waals surface area contributed by atoms with E-state index in [2.05, 4.69) is 10.1 Å². The highest BCUT2D eigenvalue weighted by Crippen LogP contribution is 2.03. The van der Waals surface area contributed by atoms with Crippen LogP contribution < -0.4 is 5.32 Å². The van der Waals surface area contributed by atoms with E-state index in [1.165, 1.54) is 7.11 Å². The molecule has 0 saturated carbocycles. The van der Waals surface area contributed by atoms with Gasteiger partial charge in [-0.15, -0.1) is 0 Å². The number of carboxylic acid groups (broad SMARTS) is 1. The van der Waals surface area contributed by atoms with Crippen LogP contribution in [0.3, 0.4) is 0 Å². The summed E-state index contributed by atoms with van der Waals surface area (Å²) in [5.41, 5.74) is 0.839. The molecular formula is C17H19NO4. The lowest BCUT2D eigenvalue weighted by atomic mass is 10.1. The van der Waals surface area contributed by atoms with Gasteiger partial charge in [0.05, 0.1) is 7.11 Å². The highest BCUT2D eigenvalue weighted by molar-refractivity contribution is 5.80. The largest absolute Gasteiger partial charge is 0.480 e. The van der Waals surface area contributed by atoms with Gasteiger partial charge in [0, 0.05) is 6.42 Å². The Balaban J connectivity index is 0.000000335. The van der Waals surface area contributed by atoms with E-state index in [-0.39, 0.29) is 6.42 Å². The third-order valence-corrected chi connectivity index (χ3v) is 2.72. The molecule has 2 aromatic carbocycles. The SMILES string of the molecule is COC(=O)N[C@@H](Cc1ccccc1)C(=O)O.c1ccccc1. The van der Waals surface area contributed by atoms with Gasteiger partial charge in [-0.2, -0.15) is 0 Å². The van der Waals surface area contributed by atoms with Gasteiger partial charge < -0.3 is 15.2 Å². The Hall–Kier alpha value is -2.82. The number of rotatable bonds is 4. The van der Waals surface area contributed by atoms with E-state index in [0.29, 0.717) is 0 Å². The van der Waals surface area contributed by atoms with Crippen LogP contribution in [0.15, 0.2) is 66.7 Å². The van der Waals surface area contributed by atoms with Crippen molar-refractivity contribution in [2.24, 2.45) is 0 Å². The Kier molecular flexibility index (Phi) is 7.82. The number of benzene rings is 2. The van der Waals surface area contributed by atoms with Crippen molar-refractivity contribution in [1.82, 2.24) is 5.32 Å². The molecule has 0 fully saturated rings. The second-order valence-electron chi connectivity index (χ2n) is 4.37. The Labute approximate surface area is 129 Å². The zero-order valence-electron chi connectivity index (χ0n) is 12.3. The van der Waals surface area contributed by atoms with Crippen molar-refractivity contribution in [3.63, 3.8) is 0 Å². The van der Waals surface area contributed by atoms with Crippen molar-refractivity contribution >= 4 is 12.1 Å². The van der Waals surface area contributed by atoms with Crippen molar-refractivity contribution in [3.8, 4) is 0 Å². The molecule has 2 rings (SSSR count). The molecular weight excluding hydrogens is 282 g/mol. The molecule has 1 atom stereocenters. The van der Waals surface area contributed by atoms with E-state index < -0.39 is 18.1 Å². The summed E-state index contributed by atoms with van der Waals surface area (Å²) in [6, 6.07) is 20.1. The molecule has 2 N–H and O–H groups in total. The predicted molar refractivity (Wildman–Crippen MR) is 83.6 cm³/mol. The summed E-state index contributed by atoms with van der Waals surface area (Å²) in [7, 11) is 1.19. The number of nitrogens with one attached hydrogen (secondary N) is 1. The smallest absolute Gasteiger partial charge is 0.407 e.